The van der Waals surface area contributed by atoms with Crippen molar-refractivity contribution in [3.63, 3.8) is 0 Å². The summed E-state index contributed by atoms with van der Waals surface area (Å²) in [5.41, 5.74) is 0. The third kappa shape index (κ3) is 45.9. The van der Waals surface area contributed by atoms with Gasteiger partial charge in [0.15, 0.2) is 6.10 Å². The number of ether oxygens (including phenoxy) is 3. The molecule has 2 atom stereocenters. The quantitative estimate of drug-likeness (QED) is 0.0345. The van der Waals surface area contributed by atoms with Gasteiger partial charge in [-0.25, -0.2) is 0 Å². The predicted octanol–water partition coefficient (Wildman–Crippen LogP) is 17.5. The highest BCUT2D eigenvalue weighted by Gasteiger charge is 2.19. The fourth-order valence-electron chi connectivity index (χ4n) is 8.19. The van der Waals surface area contributed by atoms with Crippen LogP contribution in [0.2, 0.25) is 0 Å². The van der Waals surface area contributed by atoms with Crippen LogP contribution in [0.5, 0.6) is 0 Å². The topological polar surface area (TPSA) is 78.9 Å². The molecule has 0 N–H and O–H groups in total. The molecule has 0 radical (unpaired) electrons. The van der Waals surface area contributed by atoms with Crippen LogP contribution in [-0.2, 0) is 28.6 Å². The molecule has 0 spiro atoms. The van der Waals surface area contributed by atoms with Crippen LogP contribution in [-0.4, -0.2) is 37.2 Å². The average Bonchev–Trinajstić information content (AvgIpc) is 3.25. The lowest BCUT2D eigenvalue weighted by Gasteiger charge is -2.18. The Balaban J connectivity index is 4.28. The molecule has 1 unspecified atom stereocenters. The zero-order valence-electron chi connectivity index (χ0n) is 40.9. The lowest BCUT2D eigenvalue weighted by molar-refractivity contribution is -0.167. The molecule has 0 aromatic heterocycles. The Labute approximate surface area is 374 Å². The highest BCUT2D eigenvalue weighted by Crippen LogP contribution is 2.18. The largest absolute Gasteiger partial charge is 0.462 e. The molecule has 0 aliphatic rings. The molecule has 0 aromatic rings. The molecule has 356 valence electrons. The molecule has 6 nitrogen and oxygen atoms in total. The van der Waals surface area contributed by atoms with Crippen LogP contribution in [0.15, 0.2) is 0 Å². The van der Waals surface area contributed by atoms with Crippen molar-refractivity contribution in [3.8, 4) is 0 Å². The van der Waals surface area contributed by atoms with E-state index in [2.05, 4.69) is 27.7 Å². The molecule has 0 aromatic carbocycles. The number of hydrogen-bond donors (Lipinski definition) is 0. The van der Waals surface area contributed by atoms with Crippen molar-refractivity contribution in [2.45, 2.75) is 310 Å². The zero-order valence-corrected chi connectivity index (χ0v) is 40.9. The van der Waals surface area contributed by atoms with E-state index in [9.17, 15) is 14.4 Å². The van der Waals surface area contributed by atoms with Gasteiger partial charge >= 0.3 is 17.9 Å². The van der Waals surface area contributed by atoms with Crippen LogP contribution in [0.3, 0.4) is 0 Å². The number of hydrogen-bond acceptors (Lipinski definition) is 6. The van der Waals surface area contributed by atoms with Crippen LogP contribution in [0.4, 0.5) is 0 Å². The van der Waals surface area contributed by atoms with E-state index in [1.165, 1.54) is 199 Å². The van der Waals surface area contributed by atoms with Gasteiger partial charge in [0.05, 0.1) is 0 Å². The number of carbonyl (C=O) groups is 3. The van der Waals surface area contributed by atoms with E-state index < -0.39 is 6.10 Å². The summed E-state index contributed by atoms with van der Waals surface area (Å²) in [4.78, 5) is 38.0. The highest BCUT2D eigenvalue weighted by molar-refractivity contribution is 5.71. The Kier molecular flexibility index (Phi) is 47.2. The van der Waals surface area contributed by atoms with E-state index in [1.807, 2.05) is 0 Å². The summed E-state index contributed by atoms with van der Waals surface area (Å²) in [5, 5.41) is 0. The van der Waals surface area contributed by atoms with Gasteiger partial charge in [-0.1, -0.05) is 265 Å². The molecule has 0 rings (SSSR count). The molecular formula is C54H104O6. The fraction of sp³-hybridized carbons (Fsp3) is 0.944. The molecule has 0 amide bonds. The summed E-state index contributed by atoms with van der Waals surface area (Å²) in [7, 11) is 0. The summed E-state index contributed by atoms with van der Waals surface area (Å²) in [5.74, 6) is -0.0304. The molecule has 0 bridgehead atoms. The lowest BCUT2D eigenvalue weighted by Crippen LogP contribution is -2.30. The second-order valence-corrected chi connectivity index (χ2v) is 18.8. The summed E-state index contributed by atoms with van der Waals surface area (Å²) in [6.45, 7) is 9.01. The predicted molar refractivity (Wildman–Crippen MR) is 257 cm³/mol. The summed E-state index contributed by atoms with van der Waals surface area (Å²) < 4.78 is 16.8. The monoisotopic (exact) mass is 849 g/mol. The van der Waals surface area contributed by atoms with Crippen LogP contribution in [0, 0.1) is 5.92 Å². The third-order valence-electron chi connectivity index (χ3n) is 12.7. The standard InChI is InChI=1S/C54H104O6/c1-5-8-10-12-14-16-18-20-22-23-25-27-29-31-33-39-43-47-54(57)60-51(49-59-53(56)46-42-38-35-34-36-40-44-50(4)7-3)48-58-52(55)45-41-37-32-30-28-26-24-21-19-17-15-13-11-9-6-2/h50-51H,5-49H2,1-4H3/t50?,51-/m1/s1. The Hall–Kier alpha value is -1.59. The molecule has 60 heavy (non-hydrogen) atoms. The first kappa shape index (κ1) is 58.4. The minimum atomic E-state index is -0.761. The normalized spacial score (nSPS) is 12.4. The molecule has 0 saturated carbocycles. The summed E-state index contributed by atoms with van der Waals surface area (Å²) in [6, 6.07) is 0. The van der Waals surface area contributed by atoms with E-state index in [0.29, 0.717) is 19.3 Å². The first-order valence-electron chi connectivity index (χ1n) is 26.9. The third-order valence-corrected chi connectivity index (χ3v) is 12.7. The minimum Gasteiger partial charge on any atom is -0.462 e. The molecule has 6 heteroatoms. The van der Waals surface area contributed by atoms with Gasteiger partial charge in [-0.15, -0.1) is 0 Å². The van der Waals surface area contributed by atoms with Crippen molar-refractivity contribution in [3.05, 3.63) is 0 Å². The second kappa shape index (κ2) is 48.4. The summed E-state index contributed by atoms with van der Waals surface area (Å²) in [6.07, 6.45) is 50.9. The first-order valence-corrected chi connectivity index (χ1v) is 26.9. The van der Waals surface area contributed by atoms with Gasteiger partial charge in [-0.3, -0.25) is 14.4 Å². The Morgan fingerprint density at radius 2 is 0.583 bits per heavy atom. The van der Waals surface area contributed by atoms with Gasteiger partial charge < -0.3 is 14.2 Å². The van der Waals surface area contributed by atoms with Crippen LogP contribution in [0.25, 0.3) is 0 Å². The van der Waals surface area contributed by atoms with Gasteiger partial charge in [0.25, 0.3) is 0 Å². The van der Waals surface area contributed by atoms with Crippen molar-refractivity contribution in [1.82, 2.24) is 0 Å². The first-order chi connectivity index (χ1) is 29.4. The van der Waals surface area contributed by atoms with Gasteiger partial charge in [0, 0.05) is 19.3 Å². The molecule has 0 fully saturated rings. The number of rotatable bonds is 49. The van der Waals surface area contributed by atoms with E-state index in [-0.39, 0.29) is 31.1 Å². The number of unbranched alkanes of at least 4 members (excludes halogenated alkanes) is 35. The smallest absolute Gasteiger partial charge is 0.306 e. The zero-order chi connectivity index (χ0) is 43.8. The van der Waals surface area contributed by atoms with Crippen molar-refractivity contribution < 1.29 is 28.6 Å². The second-order valence-electron chi connectivity index (χ2n) is 18.8. The van der Waals surface area contributed by atoms with E-state index in [1.54, 1.807) is 0 Å². The van der Waals surface area contributed by atoms with Gasteiger partial charge in [-0.2, -0.15) is 0 Å². The van der Waals surface area contributed by atoms with E-state index in [4.69, 9.17) is 14.2 Å². The Morgan fingerprint density at radius 3 is 0.867 bits per heavy atom. The fourth-order valence-corrected chi connectivity index (χ4v) is 8.19. The van der Waals surface area contributed by atoms with Gasteiger partial charge in [-0.05, 0) is 25.2 Å². The van der Waals surface area contributed by atoms with Crippen LogP contribution in [0.1, 0.15) is 304 Å². The minimum absolute atomic E-state index is 0.0632. The molecular weight excluding hydrogens is 745 g/mol. The van der Waals surface area contributed by atoms with Crippen LogP contribution < -0.4 is 0 Å². The summed E-state index contributed by atoms with van der Waals surface area (Å²) >= 11 is 0. The maximum absolute atomic E-state index is 12.8. The average molecular weight is 849 g/mol. The Bertz CT molecular complexity index is 905. The molecule has 0 heterocycles. The van der Waals surface area contributed by atoms with Crippen molar-refractivity contribution >= 4 is 17.9 Å². The van der Waals surface area contributed by atoms with Crippen LogP contribution >= 0.6 is 0 Å². The molecule has 0 aliphatic heterocycles. The van der Waals surface area contributed by atoms with Crippen molar-refractivity contribution in [2.24, 2.45) is 5.92 Å². The number of esters is 3. The SMILES string of the molecule is CCCCCCCCCCCCCCCCCCCC(=O)O[C@H](COC(=O)CCCCCCCCCCCCCCCCC)COC(=O)CCCCCCCCC(C)CC. The number of carbonyl (C=O) groups excluding carboxylic acids is 3. The van der Waals surface area contributed by atoms with Crippen molar-refractivity contribution in [2.75, 3.05) is 13.2 Å². The molecule has 0 saturated heterocycles. The van der Waals surface area contributed by atoms with Gasteiger partial charge in [0.1, 0.15) is 13.2 Å². The van der Waals surface area contributed by atoms with Gasteiger partial charge in [0.2, 0.25) is 0 Å². The molecule has 0 aliphatic carbocycles. The highest BCUT2D eigenvalue weighted by atomic mass is 16.6. The van der Waals surface area contributed by atoms with E-state index in [0.717, 1.165) is 63.7 Å². The lowest BCUT2D eigenvalue weighted by atomic mass is 10.00. The Morgan fingerprint density at radius 1 is 0.333 bits per heavy atom. The maximum Gasteiger partial charge on any atom is 0.306 e. The maximum atomic E-state index is 12.8. The van der Waals surface area contributed by atoms with Crippen molar-refractivity contribution in [1.29, 1.82) is 0 Å². The van der Waals surface area contributed by atoms with E-state index >= 15 is 0 Å².